The minimum Gasteiger partial charge on any atom is -0.507 e. The van der Waals surface area contributed by atoms with Crippen molar-refractivity contribution in [2.75, 3.05) is 19.0 Å². The molecule has 2 aliphatic heterocycles. The number of aliphatic imine (C=N–C) groups is 1. The summed E-state index contributed by atoms with van der Waals surface area (Å²) in [5.74, 6) is 14.5. The first-order valence-electron chi connectivity index (χ1n) is 25.5. The van der Waals surface area contributed by atoms with Crippen molar-refractivity contribution in [3.63, 3.8) is 0 Å². The minimum absolute atomic E-state index is 0.00223. The summed E-state index contributed by atoms with van der Waals surface area (Å²) in [5.41, 5.74) is 11.8. The molecule has 8 N–H and O–H groups in total. The number of H-pyrrole nitrogens is 1. The van der Waals surface area contributed by atoms with E-state index in [9.17, 15) is 15.3 Å². The van der Waals surface area contributed by atoms with E-state index in [1.54, 1.807) is 36.0 Å². The number of aromatic nitrogens is 2. The van der Waals surface area contributed by atoms with Crippen LogP contribution in [0.15, 0.2) is 84.3 Å². The summed E-state index contributed by atoms with van der Waals surface area (Å²) in [4.78, 5) is 32.1. The van der Waals surface area contributed by atoms with Crippen LogP contribution in [0.5, 0.6) is 5.75 Å². The second-order valence-corrected chi connectivity index (χ2v) is 24.2. The first-order valence-corrected chi connectivity index (χ1v) is 27.1. The summed E-state index contributed by atoms with van der Waals surface area (Å²) in [7, 11) is 1.70. The molecule has 9 bridgehead atoms. The van der Waals surface area contributed by atoms with Crippen molar-refractivity contribution in [3.05, 3.63) is 128 Å². The zero-order valence-corrected chi connectivity index (χ0v) is 42.3. The highest BCUT2D eigenvalue weighted by atomic mass is 32.1. The van der Waals surface area contributed by atoms with E-state index in [2.05, 4.69) is 104 Å². The average Bonchev–Trinajstić information content (AvgIpc) is 4.23. The molecule has 3 spiro atoms. The third-order valence-electron chi connectivity index (χ3n) is 18.4. The molecule has 0 amide bonds. The molecule has 364 valence electrons. The molecule has 5 aromatic rings. The summed E-state index contributed by atoms with van der Waals surface area (Å²) in [6, 6.07) is 16.0. The van der Waals surface area contributed by atoms with E-state index in [-0.39, 0.29) is 59.2 Å². The van der Waals surface area contributed by atoms with Crippen molar-refractivity contribution < 1.29 is 20.1 Å². The van der Waals surface area contributed by atoms with Gasteiger partial charge in [-0.3, -0.25) is 9.79 Å². The Balaban J connectivity index is 1.10. The molecule has 0 saturated heterocycles. The number of benzene rings is 2. The number of aromatic amines is 1. The van der Waals surface area contributed by atoms with Crippen LogP contribution in [-0.4, -0.2) is 68.4 Å². The standard InChI is InChI=1S/C59H62N6O4S2/c1-4-7-40-12-15-47(70-40)48-16-17-49(71-48)54(68)45-20-23-57-22-19-44-52(58(32-59(44,45)31-57)21-6-10-38(58)30-66)35-11-13-41-37(26-51(57)65-55(60)61-3)25-46(67)42-14-18-50(64-53(41)42)56(2,69)28-36-9-5-8-34(24-35)43(36)27-39-29-62-33-63-39/h5,8-9,12,14-19,22,25,29,33,35,38,44-45,50-52,64,66-67,69H,6,10,20-21,23-24,26-28,30-32H2,1-3H3,(H,62,63)(H3,60,61,65)/t35-,38+,44-,45-,50+,51-,52-,56+,57-,58-,59+/m0/s1. The van der Waals surface area contributed by atoms with E-state index in [4.69, 9.17) is 5.73 Å². The Kier molecular flexibility index (Phi) is 11.3. The van der Waals surface area contributed by atoms with E-state index >= 15 is 4.79 Å². The van der Waals surface area contributed by atoms with Gasteiger partial charge in [-0.1, -0.05) is 66.7 Å². The average molecular weight is 983 g/mol. The molecular weight excluding hydrogens is 921 g/mol. The van der Waals surface area contributed by atoms with E-state index in [1.807, 2.05) is 38.3 Å². The van der Waals surface area contributed by atoms with Crippen LogP contribution >= 0.6 is 22.7 Å². The van der Waals surface area contributed by atoms with Crippen LogP contribution in [0.2, 0.25) is 0 Å². The number of nitrogens with zero attached hydrogens (tertiary/aromatic N) is 2. The number of ketones is 1. The third kappa shape index (κ3) is 7.46. The van der Waals surface area contributed by atoms with Crippen LogP contribution in [0.3, 0.4) is 0 Å². The fraction of sp³-hybridized carbons (Fsp3) is 0.441. The number of allylic oxidation sites excluding steroid dienone is 1. The van der Waals surface area contributed by atoms with Gasteiger partial charge in [0, 0.05) is 77.0 Å². The Hall–Kier alpha value is -5.89. The number of aromatic hydroxyl groups is 1. The summed E-state index contributed by atoms with van der Waals surface area (Å²) >= 11 is 3.26. The molecule has 71 heavy (non-hydrogen) atoms. The van der Waals surface area contributed by atoms with Gasteiger partial charge in [-0.05, 0) is 146 Å². The molecule has 5 heterocycles. The first kappa shape index (κ1) is 46.2. The van der Waals surface area contributed by atoms with Gasteiger partial charge < -0.3 is 36.7 Å². The van der Waals surface area contributed by atoms with Crippen LogP contribution in [-0.2, 0) is 25.7 Å². The molecule has 0 radical (unpaired) electrons. The summed E-state index contributed by atoms with van der Waals surface area (Å²) in [6.07, 6.45) is 20.6. The number of nitrogens with two attached hydrogens (primary N) is 1. The maximum atomic E-state index is 15.8. The lowest BCUT2D eigenvalue weighted by atomic mass is 9.47. The smallest absolute Gasteiger partial charge is 0.188 e. The highest BCUT2D eigenvalue weighted by Gasteiger charge is 2.71. The molecule has 3 fully saturated rings. The van der Waals surface area contributed by atoms with Crippen molar-refractivity contribution in [1.82, 2.24) is 15.3 Å². The molecule has 11 atom stereocenters. The number of Topliss-reactive ketones (excluding diaryl/α,β-unsaturated/α-hetero) is 1. The van der Waals surface area contributed by atoms with E-state index in [0.29, 0.717) is 43.6 Å². The van der Waals surface area contributed by atoms with E-state index < -0.39 is 22.5 Å². The van der Waals surface area contributed by atoms with Crippen LogP contribution in [0.1, 0.15) is 112 Å². The highest BCUT2D eigenvalue weighted by Crippen LogP contribution is 2.76. The van der Waals surface area contributed by atoms with Gasteiger partial charge in [-0.25, -0.2) is 4.98 Å². The summed E-state index contributed by atoms with van der Waals surface area (Å²) < 4.78 is 0. The van der Waals surface area contributed by atoms with Gasteiger partial charge in [0.2, 0.25) is 0 Å². The topological polar surface area (TPSA) is 169 Å². The number of carbonyl (C=O) groups is 1. The Morgan fingerprint density at radius 3 is 2.70 bits per heavy atom. The number of anilines is 1. The minimum atomic E-state index is -1.24. The molecule has 12 heteroatoms. The number of guanidine groups is 1. The van der Waals surface area contributed by atoms with Gasteiger partial charge in [0.05, 0.1) is 39.0 Å². The number of phenolic OH excluding ortho intramolecular Hbond substituents is 1. The normalized spacial score (nSPS) is 32.9. The van der Waals surface area contributed by atoms with Crippen molar-refractivity contribution in [3.8, 4) is 39.2 Å². The quantitative estimate of drug-likeness (QED) is 0.0279. The largest absolute Gasteiger partial charge is 0.507 e. The fourth-order valence-electron chi connectivity index (χ4n) is 15.4. The Labute approximate surface area is 424 Å². The SMILES string of the molecule is CC#Cc1ccc(-c2ccc(C(=O)[C@@H]3CC[C@]45C=C[C@H]6[C@H]([C@H]7C#Cc8c(cc(O)c9c8N[C@H](C=C9)[C@](C)(O)Cc8cccc(c8Cc8cnc[nH]8)C7)C[C@@H]4NC(N)=NC)[C@@]4(CCC[C@@H]4CO)C[C@@]36C5)s2)s1. The number of hydrogen-bond donors (Lipinski definition) is 7. The number of carbonyl (C=O) groups excluding carboxylic acids is 1. The number of fused-ring (bicyclic) bond motifs is 6. The maximum Gasteiger partial charge on any atom is 0.188 e. The van der Waals surface area contributed by atoms with Gasteiger partial charge in [0.1, 0.15) is 5.75 Å². The number of hydrogen-bond acceptors (Lipinski definition) is 9. The lowest BCUT2D eigenvalue weighted by Gasteiger charge is -2.58. The van der Waals surface area contributed by atoms with Gasteiger partial charge in [0.15, 0.2) is 11.7 Å². The van der Waals surface area contributed by atoms with E-state index in [1.165, 1.54) is 5.56 Å². The van der Waals surface area contributed by atoms with Gasteiger partial charge >= 0.3 is 0 Å². The number of aliphatic hydroxyl groups excluding tert-OH is 1. The second kappa shape index (κ2) is 17.4. The van der Waals surface area contributed by atoms with Gasteiger partial charge in [-0.2, -0.15) is 0 Å². The van der Waals surface area contributed by atoms with Gasteiger partial charge in [0.25, 0.3) is 0 Å². The fourth-order valence-corrected chi connectivity index (χ4v) is 17.4. The monoisotopic (exact) mass is 982 g/mol. The van der Waals surface area contributed by atoms with Crippen molar-refractivity contribution >= 4 is 46.2 Å². The number of nitrogens with one attached hydrogen (secondary N) is 3. The molecular formula is C59H62N6O4S2. The number of phenols is 1. The van der Waals surface area contributed by atoms with Crippen molar-refractivity contribution in [1.29, 1.82) is 0 Å². The molecule has 3 saturated carbocycles. The maximum absolute atomic E-state index is 15.8. The highest BCUT2D eigenvalue weighted by molar-refractivity contribution is 7.23. The van der Waals surface area contributed by atoms with Crippen LogP contribution in [0, 0.1) is 69.5 Å². The molecule has 0 unspecified atom stereocenters. The Morgan fingerprint density at radius 2 is 1.89 bits per heavy atom. The molecule has 5 aliphatic carbocycles. The number of aliphatic hydroxyl groups is 2. The zero-order chi connectivity index (χ0) is 48.9. The molecule has 10 nitrogen and oxygen atoms in total. The third-order valence-corrected chi connectivity index (χ3v) is 20.7. The van der Waals surface area contributed by atoms with Crippen molar-refractivity contribution in [2.45, 2.75) is 102 Å². The van der Waals surface area contributed by atoms with Crippen LogP contribution in [0.25, 0.3) is 15.8 Å². The second-order valence-electron chi connectivity index (χ2n) is 22.0. The first-order chi connectivity index (χ1) is 34.4. The predicted molar refractivity (Wildman–Crippen MR) is 283 cm³/mol. The summed E-state index contributed by atoms with van der Waals surface area (Å²) in [6.45, 7) is 3.84. The summed E-state index contributed by atoms with van der Waals surface area (Å²) in [5, 5.41) is 43.8. The zero-order valence-electron chi connectivity index (χ0n) is 40.6. The molecule has 12 rings (SSSR count). The number of imidazole rings is 1. The Morgan fingerprint density at radius 1 is 1.04 bits per heavy atom. The van der Waals surface area contributed by atoms with Crippen molar-refractivity contribution in [2.24, 2.45) is 56.6 Å². The van der Waals surface area contributed by atoms with Crippen LogP contribution in [0.4, 0.5) is 5.69 Å². The lowest BCUT2D eigenvalue weighted by Crippen LogP contribution is -2.59. The lowest BCUT2D eigenvalue weighted by molar-refractivity contribution is -0.0217. The number of thiophene rings is 2. The predicted octanol–water partition coefficient (Wildman–Crippen LogP) is 9.29. The number of rotatable bonds is 7. The Bertz CT molecular complexity index is 3180. The molecule has 7 aliphatic rings. The molecule has 3 aromatic heterocycles. The van der Waals surface area contributed by atoms with Crippen LogP contribution < -0.4 is 16.4 Å². The molecule has 2 aromatic carbocycles. The van der Waals surface area contributed by atoms with Gasteiger partial charge in [-0.15, -0.1) is 28.6 Å². The van der Waals surface area contributed by atoms with E-state index in [0.717, 1.165) is 91.7 Å².